The molecule has 1 aliphatic rings. The summed E-state index contributed by atoms with van der Waals surface area (Å²) in [6, 6.07) is 19.4. The van der Waals surface area contributed by atoms with Gasteiger partial charge in [-0.1, -0.05) is 63.2 Å². The molecule has 1 atom stereocenters. The molecule has 0 aromatic heterocycles. The number of hydrogen-bond acceptors (Lipinski definition) is 3. The van der Waals surface area contributed by atoms with Crippen LogP contribution < -0.4 is 9.62 Å². The summed E-state index contributed by atoms with van der Waals surface area (Å²) < 4.78 is 42.1. The molecule has 0 unspecified atom stereocenters. The van der Waals surface area contributed by atoms with Gasteiger partial charge in [0.2, 0.25) is 5.91 Å². The maximum absolute atomic E-state index is 13.7. The molecule has 0 fully saturated rings. The summed E-state index contributed by atoms with van der Waals surface area (Å²) in [5.74, 6) is -0.702. The first kappa shape index (κ1) is 24.0. The van der Waals surface area contributed by atoms with Gasteiger partial charge in [-0.15, -0.1) is 0 Å². The largest absolute Gasteiger partial charge is 0.354 e. The highest BCUT2D eigenvalue weighted by Crippen LogP contribution is 2.37. The van der Waals surface area contributed by atoms with Crippen LogP contribution in [-0.4, -0.2) is 26.9 Å². The Bertz CT molecular complexity index is 1300. The van der Waals surface area contributed by atoms with E-state index < -0.39 is 16.1 Å². The van der Waals surface area contributed by atoms with Crippen molar-refractivity contribution in [2.24, 2.45) is 0 Å². The first-order valence-electron chi connectivity index (χ1n) is 11.3. The van der Waals surface area contributed by atoms with E-state index in [4.69, 9.17) is 0 Å². The Hall–Kier alpha value is -3.19. The lowest BCUT2D eigenvalue weighted by molar-refractivity contribution is -0.122. The van der Waals surface area contributed by atoms with Crippen molar-refractivity contribution in [2.45, 2.75) is 50.0 Å². The Morgan fingerprint density at radius 3 is 2.41 bits per heavy atom. The highest BCUT2D eigenvalue weighted by molar-refractivity contribution is 7.93. The fraction of sp³-hybridized carbons (Fsp3) is 0.296. The maximum Gasteiger partial charge on any atom is 0.265 e. The molecule has 3 aromatic carbocycles. The van der Waals surface area contributed by atoms with Gasteiger partial charge in [0.15, 0.2) is 0 Å². The van der Waals surface area contributed by atoms with Gasteiger partial charge < -0.3 is 5.32 Å². The average Bonchev–Trinajstić information content (AvgIpc) is 3.19. The smallest absolute Gasteiger partial charge is 0.265 e. The highest BCUT2D eigenvalue weighted by atomic mass is 32.2. The fourth-order valence-corrected chi connectivity index (χ4v) is 5.88. The summed E-state index contributed by atoms with van der Waals surface area (Å²) in [4.78, 5) is 13.3. The molecular formula is C27H29FN2O3S. The SMILES string of the molecule is CC(C)(C)c1ccc(S(=O)(=O)N2c3ccccc3C[C@H]2C(=O)NCCc2cccc(F)c2)cc1. The standard InChI is InChI=1S/C27H29FN2O3S/c1-27(2,3)21-11-13-23(14-12-21)34(32,33)30-24-10-5-4-8-20(24)18-25(30)26(31)29-16-15-19-7-6-9-22(28)17-19/h4-14,17,25H,15-16,18H2,1-3H3,(H,29,31)/t25-/m0/s1. The molecule has 178 valence electrons. The van der Waals surface area contributed by atoms with Crippen molar-refractivity contribution < 1.29 is 17.6 Å². The predicted octanol–water partition coefficient (Wildman–Crippen LogP) is 4.60. The number of halogens is 1. The maximum atomic E-state index is 13.7. The van der Waals surface area contributed by atoms with Crippen LogP contribution in [0.1, 0.15) is 37.5 Å². The molecule has 5 nitrogen and oxygen atoms in total. The fourth-order valence-electron chi connectivity index (χ4n) is 4.23. The number of para-hydroxylation sites is 1. The van der Waals surface area contributed by atoms with Crippen molar-refractivity contribution in [2.75, 3.05) is 10.8 Å². The van der Waals surface area contributed by atoms with Gasteiger partial charge in [-0.05, 0) is 58.9 Å². The van der Waals surface area contributed by atoms with Crippen LogP contribution >= 0.6 is 0 Å². The minimum Gasteiger partial charge on any atom is -0.354 e. The van der Waals surface area contributed by atoms with Gasteiger partial charge in [0.05, 0.1) is 10.6 Å². The number of sulfonamides is 1. The van der Waals surface area contributed by atoms with E-state index in [0.29, 0.717) is 18.5 Å². The molecule has 7 heteroatoms. The lowest BCUT2D eigenvalue weighted by atomic mass is 9.87. The molecule has 1 amide bonds. The minimum absolute atomic E-state index is 0.105. The van der Waals surface area contributed by atoms with E-state index >= 15 is 0 Å². The van der Waals surface area contributed by atoms with Crippen molar-refractivity contribution in [3.05, 3.63) is 95.3 Å². The van der Waals surface area contributed by atoms with Crippen LogP contribution in [0.25, 0.3) is 0 Å². The van der Waals surface area contributed by atoms with Crippen molar-refractivity contribution in [1.82, 2.24) is 5.32 Å². The topological polar surface area (TPSA) is 66.5 Å². The minimum atomic E-state index is -3.97. The van der Waals surface area contributed by atoms with E-state index in [9.17, 15) is 17.6 Å². The van der Waals surface area contributed by atoms with Crippen molar-refractivity contribution in [3.63, 3.8) is 0 Å². The molecule has 0 radical (unpaired) electrons. The van der Waals surface area contributed by atoms with Crippen LogP contribution in [0.2, 0.25) is 0 Å². The number of hydrogen-bond donors (Lipinski definition) is 1. The normalized spacial score (nSPS) is 15.8. The zero-order valence-electron chi connectivity index (χ0n) is 19.6. The van der Waals surface area contributed by atoms with Crippen LogP contribution in [-0.2, 0) is 33.1 Å². The van der Waals surface area contributed by atoms with Crippen molar-refractivity contribution in [3.8, 4) is 0 Å². The first-order valence-corrected chi connectivity index (χ1v) is 12.8. The lowest BCUT2D eigenvalue weighted by Crippen LogP contribution is -2.48. The molecule has 4 rings (SSSR count). The van der Waals surface area contributed by atoms with E-state index in [1.807, 2.05) is 24.3 Å². The van der Waals surface area contributed by atoms with E-state index in [0.717, 1.165) is 16.7 Å². The van der Waals surface area contributed by atoms with Gasteiger partial charge in [-0.2, -0.15) is 0 Å². The monoisotopic (exact) mass is 480 g/mol. The molecule has 1 aliphatic heterocycles. The number of nitrogens with one attached hydrogen (secondary N) is 1. The summed E-state index contributed by atoms with van der Waals surface area (Å²) >= 11 is 0. The van der Waals surface area contributed by atoms with Gasteiger partial charge in [0.25, 0.3) is 10.0 Å². The molecule has 0 aliphatic carbocycles. The van der Waals surface area contributed by atoms with Crippen LogP contribution in [0, 0.1) is 5.82 Å². The Labute approximate surface area is 200 Å². The predicted molar refractivity (Wildman–Crippen MR) is 132 cm³/mol. The molecular weight excluding hydrogens is 451 g/mol. The van der Waals surface area contributed by atoms with E-state index in [2.05, 4.69) is 26.1 Å². The molecule has 34 heavy (non-hydrogen) atoms. The quantitative estimate of drug-likeness (QED) is 0.561. The number of carbonyl (C=O) groups is 1. The number of benzene rings is 3. The first-order chi connectivity index (χ1) is 16.1. The second-order valence-electron chi connectivity index (χ2n) is 9.59. The van der Waals surface area contributed by atoms with Crippen molar-refractivity contribution in [1.29, 1.82) is 0 Å². The zero-order chi connectivity index (χ0) is 24.5. The van der Waals surface area contributed by atoms with Gasteiger partial charge >= 0.3 is 0 Å². The molecule has 0 saturated carbocycles. The molecule has 3 aromatic rings. The lowest BCUT2D eigenvalue weighted by Gasteiger charge is -2.27. The summed E-state index contributed by atoms with van der Waals surface area (Å²) in [7, 11) is -3.97. The van der Waals surface area contributed by atoms with E-state index in [1.54, 1.807) is 36.4 Å². The summed E-state index contributed by atoms with van der Waals surface area (Å²) in [5, 5.41) is 2.84. The third-order valence-electron chi connectivity index (χ3n) is 6.11. The highest BCUT2D eigenvalue weighted by Gasteiger charge is 2.42. The van der Waals surface area contributed by atoms with Gasteiger partial charge in [0.1, 0.15) is 11.9 Å². The molecule has 1 heterocycles. The summed E-state index contributed by atoms with van der Waals surface area (Å²) in [5.41, 5.74) is 3.01. The number of amides is 1. The Balaban J connectivity index is 1.58. The molecule has 0 bridgehead atoms. The van der Waals surface area contributed by atoms with Gasteiger partial charge in [-0.25, -0.2) is 12.8 Å². The summed E-state index contributed by atoms with van der Waals surface area (Å²) in [6.45, 7) is 6.48. The number of fused-ring (bicyclic) bond motifs is 1. The second-order valence-corrected chi connectivity index (χ2v) is 11.4. The van der Waals surface area contributed by atoms with Crippen LogP contribution in [0.4, 0.5) is 10.1 Å². The number of nitrogens with zero attached hydrogens (tertiary/aromatic N) is 1. The van der Waals surface area contributed by atoms with Gasteiger partial charge in [0, 0.05) is 13.0 Å². The Kier molecular flexibility index (Phi) is 6.49. The van der Waals surface area contributed by atoms with Crippen LogP contribution in [0.3, 0.4) is 0 Å². The van der Waals surface area contributed by atoms with E-state index in [1.165, 1.54) is 16.4 Å². The van der Waals surface area contributed by atoms with Crippen molar-refractivity contribution >= 4 is 21.6 Å². The third-order valence-corrected chi connectivity index (χ3v) is 7.94. The van der Waals surface area contributed by atoms with Crippen LogP contribution in [0.15, 0.2) is 77.7 Å². The summed E-state index contributed by atoms with van der Waals surface area (Å²) in [6.07, 6.45) is 0.742. The van der Waals surface area contributed by atoms with E-state index in [-0.39, 0.29) is 28.6 Å². The molecule has 1 N–H and O–H groups in total. The van der Waals surface area contributed by atoms with Gasteiger partial charge in [-0.3, -0.25) is 9.10 Å². The number of anilines is 1. The third kappa shape index (κ3) is 4.85. The number of carbonyl (C=O) groups excluding carboxylic acids is 1. The Morgan fingerprint density at radius 2 is 1.74 bits per heavy atom. The Morgan fingerprint density at radius 1 is 1.03 bits per heavy atom. The van der Waals surface area contributed by atoms with Crippen LogP contribution in [0.5, 0.6) is 0 Å². The second kappa shape index (κ2) is 9.22. The molecule has 0 spiro atoms. The average molecular weight is 481 g/mol. The zero-order valence-corrected chi connectivity index (χ0v) is 20.4. The number of rotatable bonds is 6. The molecule has 0 saturated heterocycles.